The molecule has 23 heavy (non-hydrogen) atoms. The molecule has 1 aromatic carbocycles. The molecule has 0 saturated heterocycles. The average Bonchev–Trinajstić information content (AvgIpc) is 2.52. The van der Waals surface area contributed by atoms with Gasteiger partial charge in [-0.1, -0.05) is 43.7 Å². The van der Waals surface area contributed by atoms with Crippen LogP contribution in [0.4, 0.5) is 0 Å². The quantitative estimate of drug-likeness (QED) is 0.486. The third kappa shape index (κ3) is 8.39. The van der Waals surface area contributed by atoms with Gasteiger partial charge in [0, 0.05) is 0 Å². The van der Waals surface area contributed by atoms with Gasteiger partial charge in [-0.15, -0.1) is 0 Å². The van der Waals surface area contributed by atoms with E-state index in [-0.39, 0.29) is 5.75 Å². The van der Waals surface area contributed by atoms with Gasteiger partial charge in [-0.25, -0.2) is 13.1 Å². The van der Waals surface area contributed by atoms with Crippen LogP contribution in [0, 0.1) is 0 Å². The predicted octanol–water partition coefficient (Wildman–Crippen LogP) is 2.57. The number of hydrogen-bond donors (Lipinski definition) is 1. The molecule has 7 heteroatoms. The highest BCUT2D eigenvalue weighted by molar-refractivity contribution is 7.98. The van der Waals surface area contributed by atoms with E-state index in [2.05, 4.69) is 4.72 Å². The molecule has 1 N–H and O–H groups in total. The van der Waals surface area contributed by atoms with Crippen LogP contribution < -0.4 is 4.72 Å². The summed E-state index contributed by atoms with van der Waals surface area (Å²) < 4.78 is 32.2. The van der Waals surface area contributed by atoms with Crippen LogP contribution in [0.25, 0.3) is 0 Å². The molecule has 0 amide bonds. The maximum absolute atomic E-state index is 12.3. The summed E-state index contributed by atoms with van der Waals surface area (Å²) in [5.74, 6) is 0.0388. The number of unbranched alkanes of at least 4 members (excludes halogenated alkanes) is 1. The van der Waals surface area contributed by atoms with Gasteiger partial charge in [-0.05, 0) is 30.4 Å². The molecule has 0 aliphatic carbocycles. The Balaban J connectivity index is 2.68. The van der Waals surface area contributed by atoms with E-state index in [1.54, 1.807) is 36.0 Å². The number of thioether (sulfide) groups is 1. The zero-order chi connectivity index (χ0) is 17.1. The van der Waals surface area contributed by atoms with Crippen LogP contribution in [0.15, 0.2) is 30.3 Å². The molecule has 0 aliphatic rings. The fraction of sp³-hybridized carbons (Fsp3) is 0.562. The van der Waals surface area contributed by atoms with Gasteiger partial charge < -0.3 is 4.74 Å². The maximum Gasteiger partial charge on any atom is 0.324 e. The number of rotatable bonds is 11. The van der Waals surface area contributed by atoms with Gasteiger partial charge in [0.25, 0.3) is 0 Å². The summed E-state index contributed by atoms with van der Waals surface area (Å²) in [6, 6.07) is 8.07. The maximum atomic E-state index is 12.3. The number of ether oxygens (including phenoxy) is 1. The third-order valence-electron chi connectivity index (χ3n) is 3.16. The highest BCUT2D eigenvalue weighted by atomic mass is 32.2. The minimum atomic E-state index is -3.60. The molecule has 1 atom stereocenters. The summed E-state index contributed by atoms with van der Waals surface area (Å²) in [6.07, 6.45) is 4.03. The number of nitrogens with one attached hydrogen (secondary N) is 1. The number of sulfonamides is 1. The Labute approximate surface area is 143 Å². The second kappa shape index (κ2) is 10.7. The molecule has 0 bridgehead atoms. The van der Waals surface area contributed by atoms with E-state index in [1.165, 1.54) is 0 Å². The Morgan fingerprint density at radius 3 is 2.61 bits per heavy atom. The van der Waals surface area contributed by atoms with Gasteiger partial charge >= 0.3 is 5.97 Å². The normalized spacial score (nSPS) is 12.8. The molecule has 130 valence electrons. The van der Waals surface area contributed by atoms with E-state index in [0.717, 1.165) is 12.8 Å². The molecule has 1 rings (SSSR count). The van der Waals surface area contributed by atoms with Gasteiger partial charge in [0.1, 0.15) is 6.04 Å². The van der Waals surface area contributed by atoms with E-state index >= 15 is 0 Å². The molecule has 0 fully saturated rings. The first kappa shape index (κ1) is 20.0. The first-order chi connectivity index (χ1) is 11.0. The smallest absolute Gasteiger partial charge is 0.324 e. The van der Waals surface area contributed by atoms with Crippen LogP contribution in [-0.4, -0.2) is 39.0 Å². The van der Waals surface area contributed by atoms with Crippen LogP contribution in [0.1, 0.15) is 31.7 Å². The summed E-state index contributed by atoms with van der Waals surface area (Å²) in [4.78, 5) is 12.1. The molecule has 0 heterocycles. The lowest BCUT2D eigenvalue weighted by Crippen LogP contribution is -2.42. The molecule has 1 aromatic rings. The predicted molar refractivity (Wildman–Crippen MR) is 94.9 cm³/mol. The Bertz CT molecular complexity index is 561. The van der Waals surface area contributed by atoms with E-state index in [4.69, 9.17) is 4.74 Å². The van der Waals surface area contributed by atoms with Gasteiger partial charge in [-0.3, -0.25) is 4.79 Å². The first-order valence-electron chi connectivity index (χ1n) is 7.68. The third-order valence-corrected chi connectivity index (χ3v) is 5.16. The highest BCUT2D eigenvalue weighted by Gasteiger charge is 2.25. The first-order valence-corrected chi connectivity index (χ1v) is 10.7. The summed E-state index contributed by atoms with van der Waals surface area (Å²) in [6.45, 7) is 2.33. The molecule has 0 spiro atoms. The zero-order valence-electron chi connectivity index (χ0n) is 13.7. The lowest BCUT2D eigenvalue weighted by Gasteiger charge is -2.17. The Morgan fingerprint density at radius 2 is 2.00 bits per heavy atom. The SMILES string of the molecule is CCCCOC(=O)[C@H](CCSC)NS(=O)(=O)Cc1ccccc1. The fourth-order valence-corrected chi connectivity index (χ4v) is 3.76. The van der Waals surface area contributed by atoms with Crippen molar-refractivity contribution in [1.29, 1.82) is 0 Å². The van der Waals surface area contributed by atoms with Gasteiger partial charge in [0.2, 0.25) is 10.0 Å². The second-order valence-electron chi connectivity index (χ2n) is 5.22. The number of benzene rings is 1. The van der Waals surface area contributed by atoms with Crippen molar-refractivity contribution in [1.82, 2.24) is 4.72 Å². The topological polar surface area (TPSA) is 72.5 Å². The van der Waals surface area contributed by atoms with Gasteiger partial charge in [0.15, 0.2) is 0 Å². The number of hydrogen-bond acceptors (Lipinski definition) is 5. The van der Waals surface area contributed by atoms with Crippen LogP contribution in [0.3, 0.4) is 0 Å². The summed E-state index contributed by atoms with van der Waals surface area (Å²) in [7, 11) is -3.60. The average molecular weight is 360 g/mol. The second-order valence-corrected chi connectivity index (χ2v) is 7.96. The fourth-order valence-electron chi connectivity index (χ4n) is 1.93. The number of carbonyl (C=O) groups is 1. The molecule has 0 saturated carbocycles. The molecular formula is C16H25NO4S2. The van der Waals surface area contributed by atoms with Crippen LogP contribution in [-0.2, 0) is 25.3 Å². The van der Waals surface area contributed by atoms with E-state index in [0.29, 0.717) is 24.3 Å². The van der Waals surface area contributed by atoms with Crippen LogP contribution in [0.2, 0.25) is 0 Å². The van der Waals surface area contributed by atoms with E-state index < -0.39 is 22.0 Å². The summed E-state index contributed by atoms with van der Waals surface area (Å²) >= 11 is 1.56. The van der Waals surface area contributed by atoms with Crippen molar-refractivity contribution in [3.8, 4) is 0 Å². The van der Waals surface area contributed by atoms with Crippen molar-refractivity contribution >= 4 is 27.8 Å². The Kier molecular flexibility index (Phi) is 9.28. The molecular weight excluding hydrogens is 334 g/mol. The van der Waals surface area contributed by atoms with Gasteiger partial charge in [-0.2, -0.15) is 11.8 Å². The lowest BCUT2D eigenvalue weighted by molar-refractivity contribution is -0.145. The Morgan fingerprint density at radius 1 is 1.30 bits per heavy atom. The zero-order valence-corrected chi connectivity index (χ0v) is 15.3. The monoisotopic (exact) mass is 359 g/mol. The standard InChI is InChI=1S/C16H25NO4S2/c1-3-4-11-21-16(18)15(10-12-22-2)17-23(19,20)13-14-8-6-5-7-9-14/h5-9,15,17H,3-4,10-13H2,1-2H3/t15-/m0/s1. The Hall–Kier alpha value is -1.05. The molecule has 0 unspecified atom stereocenters. The molecule has 0 aliphatic heterocycles. The van der Waals surface area contributed by atoms with Crippen molar-refractivity contribution in [2.75, 3.05) is 18.6 Å². The number of esters is 1. The van der Waals surface area contributed by atoms with Crippen molar-refractivity contribution in [2.24, 2.45) is 0 Å². The summed E-state index contributed by atoms with van der Waals surface area (Å²) in [5.41, 5.74) is 0.683. The minimum absolute atomic E-state index is 0.147. The largest absolute Gasteiger partial charge is 0.465 e. The van der Waals surface area contributed by atoms with Crippen molar-refractivity contribution < 1.29 is 17.9 Å². The summed E-state index contributed by atoms with van der Waals surface area (Å²) in [5, 5.41) is 0. The molecule has 0 aromatic heterocycles. The van der Waals surface area contributed by atoms with Gasteiger partial charge in [0.05, 0.1) is 12.4 Å². The van der Waals surface area contributed by atoms with E-state index in [1.807, 2.05) is 19.2 Å². The number of carbonyl (C=O) groups excluding carboxylic acids is 1. The minimum Gasteiger partial charge on any atom is -0.465 e. The van der Waals surface area contributed by atoms with Crippen LogP contribution in [0.5, 0.6) is 0 Å². The van der Waals surface area contributed by atoms with E-state index in [9.17, 15) is 13.2 Å². The molecule has 0 radical (unpaired) electrons. The van der Waals surface area contributed by atoms with Crippen molar-refractivity contribution in [2.45, 2.75) is 38.0 Å². The van der Waals surface area contributed by atoms with Crippen LogP contribution >= 0.6 is 11.8 Å². The lowest BCUT2D eigenvalue weighted by atomic mass is 10.2. The highest BCUT2D eigenvalue weighted by Crippen LogP contribution is 2.09. The van der Waals surface area contributed by atoms with Crippen molar-refractivity contribution in [3.05, 3.63) is 35.9 Å². The van der Waals surface area contributed by atoms with Crippen molar-refractivity contribution in [3.63, 3.8) is 0 Å². The molecule has 5 nitrogen and oxygen atoms in total.